The van der Waals surface area contributed by atoms with E-state index in [0.717, 1.165) is 16.7 Å². The second-order valence-electron chi connectivity index (χ2n) is 4.12. The van der Waals surface area contributed by atoms with Crippen LogP contribution in [-0.2, 0) is 6.42 Å². The lowest BCUT2D eigenvalue weighted by Crippen LogP contribution is -1.83. The molecule has 0 aliphatic carbocycles. The van der Waals surface area contributed by atoms with E-state index in [9.17, 15) is 5.11 Å². The Morgan fingerprint density at radius 2 is 1.67 bits per heavy atom. The highest BCUT2D eigenvalue weighted by atomic mass is 16.3. The molecule has 18 heavy (non-hydrogen) atoms. The summed E-state index contributed by atoms with van der Waals surface area (Å²) in [7, 11) is 0. The fourth-order valence-corrected chi connectivity index (χ4v) is 1.77. The quantitative estimate of drug-likeness (QED) is 0.620. The lowest BCUT2D eigenvalue weighted by Gasteiger charge is -2.02. The van der Waals surface area contributed by atoms with Crippen molar-refractivity contribution in [2.24, 2.45) is 0 Å². The molecule has 90 valence electrons. The Bertz CT molecular complexity index is 553. The van der Waals surface area contributed by atoms with Crippen LogP contribution in [0.2, 0.25) is 0 Å². The van der Waals surface area contributed by atoms with E-state index < -0.39 is 0 Å². The summed E-state index contributed by atoms with van der Waals surface area (Å²) in [5.74, 6) is 0.324. The van der Waals surface area contributed by atoms with Gasteiger partial charge >= 0.3 is 0 Å². The Morgan fingerprint density at radius 3 is 2.33 bits per heavy atom. The molecule has 0 saturated heterocycles. The zero-order chi connectivity index (χ0) is 12.8. The minimum Gasteiger partial charge on any atom is -0.508 e. The van der Waals surface area contributed by atoms with Crippen molar-refractivity contribution < 1.29 is 5.11 Å². The number of rotatable bonds is 4. The number of aromatic hydroxyl groups is 1. The molecule has 0 amide bonds. The molecule has 0 bridgehead atoms. The minimum absolute atomic E-state index is 0.324. The summed E-state index contributed by atoms with van der Waals surface area (Å²) in [5.41, 5.74) is 3.04. The molecule has 2 aromatic carbocycles. The van der Waals surface area contributed by atoms with Crippen LogP contribution in [0.3, 0.4) is 0 Å². The predicted octanol–water partition coefficient (Wildman–Crippen LogP) is 4.29. The molecule has 0 aliphatic rings. The first kappa shape index (κ1) is 12.2. The Balaban J connectivity index is 2.18. The van der Waals surface area contributed by atoms with Crippen LogP contribution in [0.1, 0.15) is 16.7 Å². The Kier molecular flexibility index (Phi) is 3.98. The zero-order valence-corrected chi connectivity index (χ0v) is 10.2. The molecule has 0 unspecified atom stereocenters. The molecular weight excluding hydrogens is 220 g/mol. The van der Waals surface area contributed by atoms with Gasteiger partial charge in [0.2, 0.25) is 0 Å². The van der Waals surface area contributed by atoms with Crippen LogP contribution in [0.15, 0.2) is 61.2 Å². The van der Waals surface area contributed by atoms with E-state index in [1.165, 1.54) is 0 Å². The van der Waals surface area contributed by atoms with Gasteiger partial charge in [-0.15, -0.1) is 6.58 Å². The topological polar surface area (TPSA) is 20.2 Å². The Morgan fingerprint density at radius 1 is 0.944 bits per heavy atom. The summed E-state index contributed by atoms with van der Waals surface area (Å²) in [6.07, 6.45) is 6.50. The van der Waals surface area contributed by atoms with Crippen LogP contribution in [0.5, 0.6) is 5.75 Å². The smallest absolute Gasteiger partial charge is 0.119 e. The normalized spacial score (nSPS) is 10.7. The maximum absolute atomic E-state index is 9.84. The number of phenolic OH excluding ortho intramolecular Hbond substituents is 1. The summed E-state index contributed by atoms with van der Waals surface area (Å²) >= 11 is 0. The van der Waals surface area contributed by atoms with E-state index in [2.05, 4.69) is 6.58 Å². The summed E-state index contributed by atoms with van der Waals surface area (Å²) < 4.78 is 0. The minimum atomic E-state index is 0.324. The van der Waals surface area contributed by atoms with E-state index in [4.69, 9.17) is 0 Å². The first-order chi connectivity index (χ1) is 8.79. The van der Waals surface area contributed by atoms with Crippen molar-refractivity contribution in [2.45, 2.75) is 6.42 Å². The van der Waals surface area contributed by atoms with Crippen LogP contribution >= 0.6 is 0 Å². The van der Waals surface area contributed by atoms with Gasteiger partial charge < -0.3 is 5.11 Å². The molecule has 1 N–H and O–H groups in total. The molecule has 1 nitrogen and oxygen atoms in total. The Labute approximate surface area is 108 Å². The number of benzene rings is 2. The summed E-state index contributed by atoms with van der Waals surface area (Å²) in [6, 6.07) is 15.8. The summed E-state index contributed by atoms with van der Waals surface area (Å²) in [5, 5.41) is 9.84. The van der Waals surface area contributed by atoms with E-state index >= 15 is 0 Å². The molecule has 0 aliphatic heterocycles. The largest absolute Gasteiger partial charge is 0.508 e. The molecule has 2 rings (SSSR count). The van der Waals surface area contributed by atoms with Crippen molar-refractivity contribution >= 4 is 12.2 Å². The Hall–Kier alpha value is -2.28. The maximum atomic E-state index is 9.84. The second-order valence-corrected chi connectivity index (χ2v) is 4.12. The van der Waals surface area contributed by atoms with Gasteiger partial charge in [-0.3, -0.25) is 0 Å². The van der Waals surface area contributed by atoms with E-state index in [1.807, 2.05) is 54.6 Å². The number of hydrogen-bond donors (Lipinski definition) is 1. The molecule has 0 fully saturated rings. The van der Waals surface area contributed by atoms with Crippen molar-refractivity contribution in [1.82, 2.24) is 0 Å². The van der Waals surface area contributed by atoms with Gasteiger partial charge in [-0.2, -0.15) is 0 Å². The highest BCUT2D eigenvalue weighted by Crippen LogP contribution is 2.21. The molecule has 0 saturated carbocycles. The van der Waals surface area contributed by atoms with Gasteiger partial charge in [-0.1, -0.05) is 60.7 Å². The highest BCUT2D eigenvalue weighted by molar-refractivity contribution is 5.70. The first-order valence-corrected chi connectivity index (χ1v) is 5.95. The molecule has 0 heterocycles. The second kappa shape index (κ2) is 5.87. The van der Waals surface area contributed by atoms with Crippen LogP contribution in [0.4, 0.5) is 0 Å². The molecule has 0 aromatic heterocycles. The maximum Gasteiger partial charge on any atom is 0.119 e. The monoisotopic (exact) mass is 236 g/mol. The highest BCUT2D eigenvalue weighted by Gasteiger charge is 1.99. The molecule has 1 heteroatoms. The van der Waals surface area contributed by atoms with E-state index in [-0.39, 0.29) is 0 Å². The van der Waals surface area contributed by atoms with E-state index in [0.29, 0.717) is 12.2 Å². The number of hydrogen-bond acceptors (Lipinski definition) is 1. The van der Waals surface area contributed by atoms with Crippen LogP contribution in [0, 0.1) is 0 Å². The van der Waals surface area contributed by atoms with Crippen LogP contribution < -0.4 is 0 Å². The van der Waals surface area contributed by atoms with Gasteiger partial charge in [0.25, 0.3) is 0 Å². The van der Waals surface area contributed by atoms with Gasteiger partial charge in [0.05, 0.1) is 0 Å². The third kappa shape index (κ3) is 3.11. The average molecular weight is 236 g/mol. The van der Waals surface area contributed by atoms with Gasteiger partial charge in [0.15, 0.2) is 0 Å². The lowest BCUT2D eigenvalue weighted by molar-refractivity contribution is 0.469. The molecule has 0 radical (unpaired) electrons. The third-order valence-electron chi connectivity index (χ3n) is 2.74. The molecular formula is C17H16O. The van der Waals surface area contributed by atoms with Crippen LogP contribution in [-0.4, -0.2) is 5.11 Å². The van der Waals surface area contributed by atoms with E-state index in [1.54, 1.807) is 12.1 Å². The van der Waals surface area contributed by atoms with Gasteiger partial charge in [-0.25, -0.2) is 0 Å². The van der Waals surface area contributed by atoms with Crippen molar-refractivity contribution in [1.29, 1.82) is 0 Å². The molecule has 0 spiro atoms. The number of allylic oxidation sites excluding steroid dienone is 1. The van der Waals surface area contributed by atoms with Crippen molar-refractivity contribution in [3.63, 3.8) is 0 Å². The SMILES string of the molecule is C=CCc1ccc(/C=C/c2ccccc2)cc1O. The van der Waals surface area contributed by atoms with Crippen LogP contribution in [0.25, 0.3) is 12.2 Å². The fraction of sp³-hybridized carbons (Fsp3) is 0.0588. The summed E-state index contributed by atoms with van der Waals surface area (Å²) in [6.45, 7) is 3.67. The fourth-order valence-electron chi connectivity index (χ4n) is 1.77. The lowest BCUT2D eigenvalue weighted by atomic mass is 10.1. The molecule has 0 atom stereocenters. The predicted molar refractivity (Wildman–Crippen MR) is 77.4 cm³/mol. The van der Waals surface area contributed by atoms with Gasteiger partial charge in [-0.05, 0) is 29.2 Å². The van der Waals surface area contributed by atoms with Crippen molar-refractivity contribution in [2.75, 3.05) is 0 Å². The summed E-state index contributed by atoms with van der Waals surface area (Å²) in [4.78, 5) is 0. The van der Waals surface area contributed by atoms with Gasteiger partial charge in [0, 0.05) is 0 Å². The molecule has 2 aromatic rings. The number of phenols is 1. The average Bonchev–Trinajstić information content (AvgIpc) is 2.41. The van der Waals surface area contributed by atoms with Crippen molar-refractivity contribution in [3.05, 3.63) is 77.9 Å². The zero-order valence-electron chi connectivity index (χ0n) is 10.2. The standard InChI is InChI=1S/C17H16O/c1-2-6-16-12-11-15(13-17(16)18)10-9-14-7-4-3-5-8-14/h2-5,7-13,18H,1,6H2/b10-9+. The van der Waals surface area contributed by atoms with Crippen molar-refractivity contribution in [3.8, 4) is 5.75 Å². The van der Waals surface area contributed by atoms with Gasteiger partial charge in [0.1, 0.15) is 5.75 Å². The first-order valence-electron chi connectivity index (χ1n) is 5.95. The third-order valence-corrected chi connectivity index (χ3v) is 2.74.